The highest BCUT2D eigenvalue weighted by Gasteiger charge is 2.15. The molecule has 1 unspecified atom stereocenters. The number of fused-ring (bicyclic) bond motifs is 1. The third-order valence-corrected chi connectivity index (χ3v) is 4.08. The number of hydrogen-bond acceptors (Lipinski definition) is 6. The van der Waals surface area contributed by atoms with Crippen molar-refractivity contribution in [3.05, 3.63) is 48.3 Å². The number of halogens is 1. The number of carbonyl (C=O) groups excluding carboxylic acids is 1. The van der Waals surface area contributed by atoms with Crippen LogP contribution in [-0.4, -0.2) is 50.8 Å². The molecule has 0 saturated heterocycles. The molecule has 1 atom stereocenters. The number of aliphatic hydroxyl groups excluding tert-OH is 1. The molecule has 0 fully saturated rings. The molecule has 3 aromatic rings. The van der Waals surface area contributed by atoms with E-state index in [2.05, 4.69) is 15.4 Å². The van der Waals surface area contributed by atoms with E-state index in [9.17, 15) is 9.90 Å². The van der Waals surface area contributed by atoms with Crippen LogP contribution in [0.3, 0.4) is 0 Å². The zero-order valence-corrected chi connectivity index (χ0v) is 15.0. The average Bonchev–Trinajstić information content (AvgIpc) is 3.11. The first-order chi connectivity index (χ1) is 12.6. The first kappa shape index (κ1) is 18.2. The minimum Gasteiger partial charge on any atom is -0.461 e. The standard InChI is InChI=1S/C18H19ClN4O3/c1-2-26-18(25)15-9-17-20-7-6-16(23(17)22-15)12-4-3-5-13(8-12)21-11-14(24)10-19/h3-9,14,21,24H,2,10-11H2,1H3. The lowest BCUT2D eigenvalue weighted by Gasteiger charge is -2.11. The van der Waals surface area contributed by atoms with Crippen LogP contribution < -0.4 is 5.32 Å². The number of aliphatic hydroxyl groups is 1. The number of benzene rings is 1. The second-order valence-electron chi connectivity index (χ2n) is 5.62. The molecule has 7 nitrogen and oxygen atoms in total. The summed E-state index contributed by atoms with van der Waals surface area (Å²) in [6, 6.07) is 11.1. The van der Waals surface area contributed by atoms with Gasteiger partial charge < -0.3 is 15.2 Å². The van der Waals surface area contributed by atoms with Gasteiger partial charge in [-0.25, -0.2) is 14.3 Å². The molecule has 2 aromatic heterocycles. The molecule has 3 rings (SSSR count). The van der Waals surface area contributed by atoms with Gasteiger partial charge in [-0.1, -0.05) is 12.1 Å². The fourth-order valence-electron chi connectivity index (χ4n) is 2.50. The summed E-state index contributed by atoms with van der Waals surface area (Å²) in [4.78, 5) is 16.2. The third-order valence-electron chi connectivity index (χ3n) is 3.72. The highest BCUT2D eigenvalue weighted by molar-refractivity contribution is 6.18. The minimum absolute atomic E-state index is 0.168. The van der Waals surface area contributed by atoms with E-state index in [0.29, 0.717) is 12.2 Å². The van der Waals surface area contributed by atoms with Crippen molar-refractivity contribution in [1.29, 1.82) is 0 Å². The molecule has 0 aliphatic carbocycles. The molecule has 26 heavy (non-hydrogen) atoms. The number of carbonyl (C=O) groups is 1. The van der Waals surface area contributed by atoms with E-state index in [1.165, 1.54) is 0 Å². The highest BCUT2D eigenvalue weighted by atomic mass is 35.5. The van der Waals surface area contributed by atoms with Gasteiger partial charge in [0.1, 0.15) is 0 Å². The van der Waals surface area contributed by atoms with E-state index < -0.39 is 12.1 Å². The Labute approximate surface area is 155 Å². The van der Waals surface area contributed by atoms with Gasteiger partial charge in [0, 0.05) is 30.1 Å². The van der Waals surface area contributed by atoms with Crippen LogP contribution in [0.1, 0.15) is 17.4 Å². The maximum Gasteiger partial charge on any atom is 0.358 e. The van der Waals surface area contributed by atoms with E-state index in [1.54, 1.807) is 23.7 Å². The number of nitrogens with one attached hydrogen (secondary N) is 1. The first-order valence-corrected chi connectivity index (χ1v) is 8.76. The summed E-state index contributed by atoms with van der Waals surface area (Å²) < 4.78 is 6.61. The molecule has 8 heteroatoms. The van der Waals surface area contributed by atoms with Crippen molar-refractivity contribution in [3.8, 4) is 11.3 Å². The van der Waals surface area contributed by atoms with Gasteiger partial charge in [-0.05, 0) is 25.1 Å². The Morgan fingerprint density at radius 2 is 2.23 bits per heavy atom. The van der Waals surface area contributed by atoms with Crippen molar-refractivity contribution in [3.63, 3.8) is 0 Å². The van der Waals surface area contributed by atoms with Crippen LogP contribution >= 0.6 is 11.6 Å². The Bertz CT molecular complexity index is 912. The summed E-state index contributed by atoms with van der Waals surface area (Å²) in [5.41, 5.74) is 3.29. The number of nitrogens with zero attached hydrogens (tertiary/aromatic N) is 3. The quantitative estimate of drug-likeness (QED) is 0.488. The predicted octanol–water partition coefficient (Wildman–Crippen LogP) is 2.58. The van der Waals surface area contributed by atoms with Crippen molar-refractivity contribution in [1.82, 2.24) is 14.6 Å². The topological polar surface area (TPSA) is 88.8 Å². The van der Waals surface area contributed by atoms with Gasteiger partial charge in [-0.3, -0.25) is 0 Å². The monoisotopic (exact) mass is 374 g/mol. The molecular weight excluding hydrogens is 356 g/mol. The van der Waals surface area contributed by atoms with Crippen LogP contribution in [-0.2, 0) is 4.74 Å². The van der Waals surface area contributed by atoms with Gasteiger partial charge in [0.25, 0.3) is 0 Å². The molecule has 0 spiro atoms. The lowest BCUT2D eigenvalue weighted by molar-refractivity contribution is 0.0519. The summed E-state index contributed by atoms with van der Waals surface area (Å²) in [6.45, 7) is 2.39. The number of ether oxygens (including phenoxy) is 1. The lowest BCUT2D eigenvalue weighted by atomic mass is 10.1. The Kier molecular flexibility index (Phi) is 5.70. The fraction of sp³-hybridized carbons (Fsp3) is 0.278. The van der Waals surface area contributed by atoms with Crippen LogP contribution in [0.25, 0.3) is 16.9 Å². The lowest BCUT2D eigenvalue weighted by Crippen LogP contribution is -2.20. The van der Waals surface area contributed by atoms with Crippen LogP contribution in [0.4, 0.5) is 5.69 Å². The molecule has 0 aliphatic rings. The number of anilines is 1. The first-order valence-electron chi connectivity index (χ1n) is 8.22. The second-order valence-corrected chi connectivity index (χ2v) is 5.93. The van der Waals surface area contributed by atoms with E-state index in [0.717, 1.165) is 16.9 Å². The Hall–Kier alpha value is -2.64. The molecule has 0 amide bonds. The van der Waals surface area contributed by atoms with Gasteiger partial charge in [0.05, 0.1) is 24.3 Å². The number of alkyl halides is 1. The Balaban J connectivity index is 1.93. The smallest absolute Gasteiger partial charge is 0.358 e. The van der Waals surface area contributed by atoms with E-state index in [4.69, 9.17) is 16.3 Å². The molecule has 0 saturated carbocycles. The summed E-state index contributed by atoms with van der Waals surface area (Å²) >= 11 is 5.61. The number of aromatic nitrogens is 3. The molecule has 0 radical (unpaired) electrons. The van der Waals surface area contributed by atoms with E-state index in [1.807, 2.05) is 30.3 Å². The van der Waals surface area contributed by atoms with Crippen molar-refractivity contribution < 1.29 is 14.6 Å². The molecule has 2 heterocycles. The number of hydrogen-bond donors (Lipinski definition) is 2. The zero-order valence-electron chi connectivity index (χ0n) is 14.2. The summed E-state index contributed by atoms with van der Waals surface area (Å²) in [6.07, 6.45) is 1.05. The van der Waals surface area contributed by atoms with E-state index >= 15 is 0 Å². The second kappa shape index (κ2) is 8.16. The zero-order chi connectivity index (χ0) is 18.5. The highest BCUT2D eigenvalue weighted by Crippen LogP contribution is 2.23. The van der Waals surface area contributed by atoms with Crippen molar-refractivity contribution >= 4 is 28.9 Å². The number of esters is 1. The van der Waals surface area contributed by atoms with Gasteiger partial charge in [-0.2, -0.15) is 5.10 Å². The molecule has 2 N–H and O–H groups in total. The van der Waals surface area contributed by atoms with Crippen molar-refractivity contribution in [2.75, 3.05) is 24.3 Å². The maximum atomic E-state index is 11.9. The minimum atomic E-state index is -0.619. The van der Waals surface area contributed by atoms with Crippen molar-refractivity contribution in [2.45, 2.75) is 13.0 Å². The number of rotatable bonds is 7. The third kappa shape index (κ3) is 3.95. The molecule has 0 bridgehead atoms. The molecule has 136 valence electrons. The van der Waals surface area contributed by atoms with E-state index in [-0.39, 0.29) is 18.2 Å². The van der Waals surface area contributed by atoms with Gasteiger partial charge in [0.15, 0.2) is 11.3 Å². The van der Waals surface area contributed by atoms with Gasteiger partial charge in [0.2, 0.25) is 0 Å². The predicted molar refractivity (Wildman–Crippen MR) is 99.6 cm³/mol. The van der Waals surface area contributed by atoms with Crippen molar-refractivity contribution in [2.24, 2.45) is 0 Å². The van der Waals surface area contributed by atoms with Crippen LogP contribution in [0, 0.1) is 0 Å². The van der Waals surface area contributed by atoms with Gasteiger partial charge in [-0.15, -0.1) is 11.6 Å². The molecular formula is C18H19ClN4O3. The summed E-state index contributed by atoms with van der Waals surface area (Å²) in [5, 5.41) is 17.1. The molecule has 1 aromatic carbocycles. The van der Waals surface area contributed by atoms with Gasteiger partial charge >= 0.3 is 5.97 Å². The largest absolute Gasteiger partial charge is 0.461 e. The Morgan fingerprint density at radius 3 is 3.00 bits per heavy atom. The molecule has 0 aliphatic heterocycles. The summed E-state index contributed by atoms with van der Waals surface area (Å²) in [5.74, 6) is -0.309. The van der Waals surface area contributed by atoms with Crippen LogP contribution in [0.15, 0.2) is 42.6 Å². The average molecular weight is 375 g/mol. The normalized spacial score (nSPS) is 12.1. The maximum absolute atomic E-state index is 11.9. The fourth-order valence-corrected chi connectivity index (χ4v) is 2.61. The van der Waals surface area contributed by atoms with Crippen LogP contribution in [0.2, 0.25) is 0 Å². The summed E-state index contributed by atoms with van der Waals surface area (Å²) in [7, 11) is 0. The van der Waals surface area contributed by atoms with Crippen LogP contribution in [0.5, 0.6) is 0 Å². The SMILES string of the molecule is CCOC(=O)c1cc2nccc(-c3cccc(NCC(O)CCl)c3)n2n1. The Morgan fingerprint density at radius 1 is 1.38 bits per heavy atom.